The fraction of sp³-hybridized carbons (Fsp3) is 0.200. The van der Waals surface area contributed by atoms with Crippen LogP contribution in [0, 0.1) is 13.8 Å². The second kappa shape index (κ2) is 4.72. The first-order valence-electron chi connectivity index (χ1n) is 5.91. The zero-order valence-electron chi connectivity index (χ0n) is 10.8. The molecule has 4 nitrogen and oxygen atoms in total. The van der Waals surface area contributed by atoms with Crippen LogP contribution < -0.4 is 0 Å². The van der Waals surface area contributed by atoms with E-state index in [4.69, 9.17) is 0 Å². The normalized spacial score (nSPS) is 10.6. The van der Waals surface area contributed by atoms with Crippen LogP contribution in [0.5, 0.6) is 23.0 Å². The van der Waals surface area contributed by atoms with Crippen molar-refractivity contribution in [1.82, 2.24) is 0 Å². The summed E-state index contributed by atoms with van der Waals surface area (Å²) >= 11 is 0. The van der Waals surface area contributed by atoms with E-state index in [0.29, 0.717) is 11.1 Å². The number of hydrogen-bond acceptors (Lipinski definition) is 4. The summed E-state index contributed by atoms with van der Waals surface area (Å²) < 4.78 is 0. The number of rotatable bonds is 2. The Bertz CT molecular complexity index is 577. The van der Waals surface area contributed by atoms with E-state index in [0.717, 1.165) is 11.1 Å². The zero-order valence-corrected chi connectivity index (χ0v) is 10.8. The third kappa shape index (κ3) is 2.57. The standard InChI is InChI=1S/C15H16O4/c1-8-3-10(14(18)12(16)5-8)7-11-4-9(2)6-13(17)15(11)19/h3-6,16-19H,7H2,1-2H3. The predicted octanol–water partition coefficient (Wildman–Crippen LogP) is 2.72. The molecule has 0 fully saturated rings. The lowest BCUT2D eigenvalue weighted by Gasteiger charge is -2.11. The quantitative estimate of drug-likeness (QED) is 0.626. The lowest BCUT2D eigenvalue weighted by atomic mass is 9.99. The molecule has 2 rings (SSSR count). The summed E-state index contributed by atoms with van der Waals surface area (Å²) in [6, 6.07) is 6.39. The summed E-state index contributed by atoms with van der Waals surface area (Å²) in [4.78, 5) is 0. The smallest absolute Gasteiger partial charge is 0.161 e. The maximum absolute atomic E-state index is 9.82. The van der Waals surface area contributed by atoms with E-state index in [1.54, 1.807) is 26.0 Å². The average molecular weight is 260 g/mol. The van der Waals surface area contributed by atoms with Gasteiger partial charge in [-0.25, -0.2) is 0 Å². The van der Waals surface area contributed by atoms with Gasteiger partial charge >= 0.3 is 0 Å². The molecule has 2 aromatic carbocycles. The minimum Gasteiger partial charge on any atom is -0.504 e. The van der Waals surface area contributed by atoms with Crippen molar-refractivity contribution in [2.24, 2.45) is 0 Å². The van der Waals surface area contributed by atoms with Gasteiger partial charge in [-0.1, -0.05) is 12.1 Å². The first-order valence-corrected chi connectivity index (χ1v) is 5.91. The van der Waals surface area contributed by atoms with Gasteiger partial charge in [0.05, 0.1) is 0 Å². The Labute approximate surface area is 111 Å². The van der Waals surface area contributed by atoms with Crippen LogP contribution in [0.2, 0.25) is 0 Å². The highest BCUT2D eigenvalue weighted by molar-refractivity contribution is 5.53. The maximum atomic E-state index is 9.82. The predicted molar refractivity (Wildman–Crippen MR) is 71.8 cm³/mol. The van der Waals surface area contributed by atoms with Crippen molar-refractivity contribution >= 4 is 0 Å². The Morgan fingerprint density at radius 1 is 0.684 bits per heavy atom. The summed E-state index contributed by atoms with van der Waals surface area (Å²) in [5.74, 6) is -0.783. The second-order valence-corrected chi connectivity index (χ2v) is 4.76. The Morgan fingerprint density at radius 2 is 1.05 bits per heavy atom. The molecule has 4 heteroatoms. The van der Waals surface area contributed by atoms with Crippen LogP contribution in [-0.2, 0) is 6.42 Å². The molecule has 0 spiro atoms. The van der Waals surface area contributed by atoms with Crippen molar-refractivity contribution < 1.29 is 20.4 Å². The van der Waals surface area contributed by atoms with Crippen LogP contribution in [0.25, 0.3) is 0 Å². The molecule has 0 aliphatic rings. The number of phenols is 4. The van der Waals surface area contributed by atoms with E-state index in [2.05, 4.69) is 0 Å². The Balaban J connectivity index is 2.47. The van der Waals surface area contributed by atoms with Gasteiger partial charge in [0.15, 0.2) is 23.0 Å². The topological polar surface area (TPSA) is 80.9 Å². The van der Waals surface area contributed by atoms with E-state index in [9.17, 15) is 20.4 Å². The fourth-order valence-corrected chi connectivity index (χ4v) is 2.14. The summed E-state index contributed by atoms with van der Waals surface area (Å²) in [6.07, 6.45) is 0.224. The monoisotopic (exact) mass is 260 g/mol. The molecule has 0 unspecified atom stereocenters. The van der Waals surface area contributed by atoms with E-state index in [1.807, 2.05) is 0 Å². The molecule has 0 atom stereocenters. The van der Waals surface area contributed by atoms with Crippen molar-refractivity contribution in [3.8, 4) is 23.0 Å². The van der Waals surface area contributed by atoms with Gasteiger partial charge in [-0.2, -0.15) is 0 Å². The lowest BCUT2D eigenvalue weighted by molar-refractivity contribution is 0.395. The Morgan fingerprint density at radius 3 is 1.42 bits per heavy atom. The van der Waals surface area contributed by atoms with Gasteiger partial charge in [-0.3, -0.25) is 0 Å². The lowest BCUT2D eigenvalue weighted by Crippen LogP contribution is -1.92. The third-order valence-corrected chi connectivity index (χ3v) is 3.01. The van der Waals surface area contributed by atoms with E-state index in [1.165, 1.54) is 12.1 Å². The van der Waals surface area contributed by atoms with Gasteiger partial charge in [0.25, 0.3) is 0 Å². The van der Waals surface area contributed by atoms with Crippen LogP contribution >= 0.6 is 0 Å². The molecule has 0 saturated heterocycles. The molecule has 0 saturated carbocycles. The Kier molecular flexibility index (Phi) is 3.25. The first-order chi connectivity index (χ1) is 8.88. The van der Waals surface area contributed by atoms with Gasteiger partial charge in [0, 0.05) is 17.5 Å². The first kappa shape index (κ1) is 13.1. The highest BCUT2D eigenvalue weighted by Gasteiger charge is 2.13. The number of aryl methyl sites for hydroxylation is 2. The van der Waals surface area contributed by atoms with Crippen LogP contribution in [0.15, 0.2) is 24.3 Å². The Hall–Kier alpha value is -2.36. The highest BCUT2D eigenvalue weighted by Crippen LogP contribution is 2.36. The average Bonchev–Trinajstić information content (AvgIpc) is 2.31. The second-order valence-electron chi connectivity index (χ2n) is 4.76. The molecule has 0 amide bonds. The van der Waals surface area contributed by atoms with E-state index in [-0.39, 0.29) is 29.4 Å². The molecule has 100 valence electrons. The summed E-state index contributed by atoms with van der Waals surface area (Å²) in [7, 11) is 0. The summed E-state index contributed by atoms with van der Waals surface area (Å²) in [5, 5.41) is 38.8. The molecule has 0 aliphatic carbocycles. The number of hydrogen-bond donors (Lipinski definition) is 4. The highest BCUT2D eigenvalue weighted by atomic mass is 16.3. The van der Waals surface area contributed by atoms with E-state index >= 15 is 0 Å². The van der Waals surface area contributed by atoms with Crippen LogP contribution in [-0.4, -0.2) is 20.4 Å². The minimum absolute atomic E-state index is 0.189. The molecule has 0 heterocycles. The molecular formula is C15H16O4. The third-order valence-electron chi connectivity index (χ3n) is 3.01. The number of phenolic OH excluding ortho intramolecular Hbond substituents is 4. The van der Waals surface area contributed by atoms with Crippen LogP contribution in [0.3, 0.4) is 0 Å². The van der Waals surface area contributed by atoms with Crippen molar-refractivity contribution in [3.05, 3.63) is 46.5 Å². The molecule has 0 aromatic heterocycles. The van der Waals surface area contributed by atoms with Crippen molar-refractivity contribution in [1.29, 1.82) is 0 Å². The fourth-order valence-electron chi connectivity index (χ4n) is 2.14. The summed E-state index contributed by atoms with van der Waals surface area (Å²) in [5.41, 5.74) is 2.61. The number of aromatic hydroxyl groups is 4. The largest absolute Gasteiger partial charge is 0.504 e. The molecular weight excluding hydrogens is 244 g/mol. The van der Waals surface area contributed by atoms with Gasteiger partial charge in [0.2, 0.25) is 0 Å². The molecule has 0 aliphatic heterocycles. The molecule has 2 aromatic rings. The van der Waals surface area contributed by atoms with Crippen molar-refractivity contribution in [2.45, 2.75) is 20.3 Å². The van der Waals surface area contributed by atoms with Gasteiger partial charge in [-0.15, -0.1) is 0 Å². The van der Waals surface area contributed by atoms with E-state index < -0.39 is 0 Å². The maximum Gasteiger partial charge on any atom is 0.161 e. The SMILES string of the molecule is Cc1cc(O)c(O)c(Cc2cc(C)cc(O)c2O)c1. The van der Waals surface area contributed by atoms with Gasteiger partial charge in [0.1, 0.15) is 0 Å². The minimum atomic E-state index is -0.203. The molecule has 0 bridgehead atoms. The van der Waals surface area contributed by atoms with Crippen molar-refractivity contribution in [2.75, 3.05) is 0 Å². The number of benzene rings is 2. The molecule has 19 heavy (non-hydrogen) atoms. The molecule has 4 N–H and O–H groups in total. The summed E-state index contributed by atoms with van der Waals surface area (Å²) in [6.45, 7) is 3.60. The van der Waals surface area contributed by atoms with Gasteiger partial charge in [-0.05, 0) is 37.1 Å². The van der Waals surface area contributed by atoms with Crippen LogP contribution in [0.1, 0.15) is 22.3 Å². The van der Waals surface area contributed by atoms with Crippen LogP contribution in [0.4, 0.5) is 0 Å². The molecule has 0 radical (unpaired) electrons. The van der Waals surface area contributed by atoms with Crippen molar-refractivity contribution in [3.63, 3.8) is 0 Å². The zero-order chi connectivity index (χ0) is 14.2. The van der Waals surface area contributed by atoms with Gasteiger partial charge < -0.3 is 20.4 Å².